The predicted octanol–water partition coefficient (Wildman–Crippen LogP) is 3.96. The molecule has 1 aromatic rings. The molecule has 0 saturated heterocycles. The highest BCUT2D eigenvalue weighted by Gasteiger charge is 2.51. The fourth-order valence-corrected chi connectivity index (χ4v) is 2.68. The Morgan fingerprint density at radius 2 is 1.95 bits per heavy atom. The number of rotatable bonds is 4. The van der Waals surface area contributed by atoms with Crippen LogP contribution >= 0.6 is 0 Å². The highest BCUT2D eigenvalue weighted by atomic mass is 19.1. The van der Waals surface area contributed by atoms with Crippen molar-refractivity contribution in [2.24, 2.45) is 5.92 Å². The van der Waals surface area contributed by atoms with E-state index in [2.05, 4.69) is 0 Å². The fraction of sp³-hybridized carbons (Fsp3) is 0.588. The molecule has 0 aromatic heterocycles. The van der Waals surface area contributed by atoms with Crippen molar-refractivity contribution in [3.05, 3.63) is 29.8 Å². The molecule has 0 unspecified atom stereocenters. The van der Waals surface area contributed by atoms with Crippen molar-refractivity contribution in [1.82, 2.24) is 0 Å². The molecule has 0 aliphatic heterocycles. The van der Waals surface area contributed by atoms with Gasteiger partial charge >= 0.3 is 5.97 Å². The van der Waals surface area contributed by atoms with Gasteiger partial charge in [-0.25, -0.2) is 9.18 Å². The molecule has 0 amide bonds. The molecule has 0 bridgehead atoms. The Kier molecular flexibility index (Phi) is 4.00. The van der Waals surface area contributed by atoms with Crippen LogP contribution in [0.4, 0.5) is 4.39 Å². The Balaban J connectivity index is 2.31. The Bertz CT molecular complexity index is 527. The summed E-state index contributed by atoms with van der Waals surface area (Å²) in [6.07, 6.45) is 1.78. The summed E-state index contributed by atoms with van der Waals surface area (Å²) in [5, 5.41) is 9.62. The molecular weight excluding hydrogens is 271 g/mol. The van der Waals surface area contributed by atoms with Crippen molar-refractivity contribution in [2.45, 2.75) is 57.7 Å². The van der Waals surface area contributed by atoms with Gasteiger partial charge in [0.05, 0.1) is 0 Å². The first-order valence-electron chi connectivity index (χ1n) is 7.32. The van der Waals surface area contributed by atoms with Crippen LogP contribution in [0.15, 0.2) is 24.3 Å². The summed E-state index contributed by atoms with van der Waals surface area (Å²) in [7, 11) is 0. The molecule has 0 radical (unpaired) electrons. The van der Waals surface area contributed by atoms with Gasteiger partial charge in [-0.1, -0.05) is 12.1 Å². The number of esters is 1. The zero-order valence-corrected chi connectivity index (χ0v) is 13.0. The Hall–Kier alpha value is -1.58. The van der Waals surface area contributed by atoms with Crippen molar-refractivity contribution in [3.63, 3.8) is 0 Å². The smallest absolute Gasteiger partial charge is 0.344 e. The van der Waals surface area contributed by atoms with Crippen LogP contribution < -0.4 is 0 Å². The van der Waals surface area contributed by atoms with Gasteiger partial charge in [-0.3, -0.25) is 0 Å². The lowest BCUT2D eigenvalue weighted by atomic mass is 9.81. The third kappa shape index (κ3) is 3.74. The van der Waals surface area contributed by atoms with E-state index in [-0.39, 0.29) is 11.7 Å². The van der Waals surface area contributed by atoms with Crippen molar-refractivity contribution in [1.29, 1.82) is 0 Å². The van der Waals surface area contributed by atoms with Crippen LogP contribution in [0, 0.1) is 5.92 Å². The lowest BCUT2D eigenvalue weighted by Gasteiger charge is -2.32. The number of aromatic hydroxyl groups is 1. The molecule has 0 spiro atoms. The molecular formula is C17H23FO3. The maximum absolute atomic E-state index is 15.2. The summed E-state index contributed by atoms with van der Waals surface area (Å²) in [5.41, 5.74) is -2.19. The SMILES string of the molecule is CC(C)(C)OC(=O)[C@@](C)(F)[C@H](c1cccc(O)c1)C1CC1. The van der Waals surface area contributed by atoms with Crippen LogP contribution in [0.25, 0.3) is 0 Å². The quantitative estimate of drug-likeness (QED) is 0.855. The van der Waals surface area contributed by atoms with Crippen molar-refractivity contribution in [2.75, 3.05) is 0 Å². The van der Waals surface area contributed by atoms with Crippen LogP contribution in [0.5, 0.6) is 5.75 Å². The molecule has 1 aliphatic carbocycles. The monoisotopic (exact) mass is 294 g/mol. The van der Waals surface area contributed by atoms with Crippen LogP contribution in [0.3, 0.4) is 0 Å². The number of ether oxygens (including phenoxy) is 1. The zero-order valence-electron chi connectivity index (χ0n) is 13.0. The van der Waals surface area contributed by atoms with Crippen LogP contribution in [-0.4, -0.2) is 22.3 Å². The fourth-order valence-electron chi connectivity index (χ4n) is 2.68. The third-order valence-corrected chi connectivity index (χ3v) is 3.70. The summed E-state index contributed by atoms with van der Waals surface area (Å²) in [4.78, 5) is 12.3. The Morgan fingerprint density at radius 3 is 2.43 bits per heavy atom. The molecule has 1 N–H and O–H groups in total. The number of carbonyl (C=O) groups is 1. The van der Waals surface area contributed by atoms with Gasteiger partial charge in [0.2, 0.25) is 5.67 Å². The summed E-state index contributed by atoms with van der Waals surface area (Å²) in [6, 6.07) is 6.50. The molecule has 2 rings (SSSR count). The van der Waals surface area contributed by atoms with Gasteiger partial charge in [-0.15, -0.1) is 0 Å². The summed E-state index contributed by atoms with van der Waals surface area (Å²) < 4.78 is 20.5. The van der Waals surface area contributed by atoms with E-state index < -0.39 is 23.2 Å². The van der Waals surface area contributed by atoms with E-state index in [0.29, 0.717) is 5.56 Å². The molecule has 1 fully saturated rings. The van der Waals surface area contributed by atoms with Gasteiger partial charge in [-0.05, 0) is 64.2 Å². The molecule has 1 aromatic carbocycles. The van der Waals surface area contributed by atoms with E-state index in [1.54, 1.807) is 32.9 Å². The highest BCUT2D eigenvalue weighted by molar-refractivity contribution is 5.81. The lowest BCUT2D eigenvalue weighted by Crippen LogP contribution is -2.43. The number of hydrogen-bond acceptors (Lipinski definition) is 3. The van der Waals surface area contributed by atoms with Crippen LogP contribution in [0.1, 0.15) is 52.0 Å². The van der Waals surface area contributed by atoms with E-state index in [1.165, 1.54) is 19.1 Å². The second kappa shape index (κ2) is 5.32. The molecule has 4 heteroatoms. The third-order valence-electron chi connectivity index (χ3n) is 3.70. The average Bonchev–Trinajstić information content (AvgIpc) is 3.11. The minimum Gasteiger partial charge on any atom is -0.508 e. The zero-order chi connectivity index (χ0) is 15.8. The minimum absolute atomic E-state index is 0.0816. The topological polar surface area (TPSA) is 46.5 Å². The Morgan fingerprint density at radius 1 is 1.33 bits per heavy atom. The first kappa shape index (κ1) is 15.8. The number of carbonyl (C=O) groups excluding carboxylic acids is 1. The second-order valence-electron chi connectivity index (χ2n) is 6.99. The number of benzene rings is 1. The molecule has 1 aliphatic rings. The van der Waals surface area contributed by atoms with E-state index in [1.807, 2.05) is 0 Å². The van der Waals surface area contributed by atoms with E-state index in [9.17, 15) is 9.90 Å². The van der Waals surface area contributed by atoms with E-state index in [0.717, 1.165) is 12.8 Å². The van der Waals surface area contributed by atoms with Crippen molar-refractivity contribution >= 4 is 5.97 Å². The second-order valence-corrected chi connectivity index (χ2v) is 6.99. The molecule has 21 heavy (non-hydrogen) atoms. The van der Waals surface area contributed by atoms with Crippen molar-refractivity contribution in [3.8, 4) is 5.75 Å². The standard InChI is InChI=1S/C17H23FO3/c1-16(2,3)21-15(20)17(4,18)14(11-8-9-11)12-6-5-7-13(19)10-12/h5-7,10-11,14,19H,8-9H2,1-4H3/t14-,17-/m0/s1. The molecule has 1 saturated carbocycles. The van der Waals surface area contributed by atoms with Gasteiger partial charge < -0.3 is 9.84 Å². The van der Waals surface area contributed by atoms with Gasteiger partial charge in [0, 0.05) is 5.92 Å². The van der Waals surface area contributed by atoms with Gasteiger partial charge in [-0.2, -0.15) is 0 Å². The largest absolute Gasteiger partial charge is 0.508 e. The lowest BCUT2D eigenvalue weighted by molar-refractivity contribution is -0.170. The predicted molar refractivity (Wildman–Crippen MR) is 78.9 cm³/mol. The number of halogens is 1. The summed E-state index contributed by atoms with van der Waals surface area (Å²) in [6.45, 7) is 6.46. The summed E-state index contributed by atoms with van der Waals surface area (Å²) >= 11 is 0. The molecule has 116 valence electrons. The maximum Gasteiger partial charge on any atom is 0.344 e. The van der Waals surface area contributed by atoms with E-state index >= 15 is 4.39 Å². The molecule has 0 heterocycles. The first-order chi connectivity index (χ1) is 9.61. The van der Waals surface area contributed by atoms with Gasteiger partial charge in [0.25, 0.3) is 0 Å². The highest BCUT2D eigenvalue weighted by Crippen LogP contribution is 2.50. The normalized spacial score (nSPS) is 19.7. The van der Waals surface area contributed by atoms with Gasteiger partial charge in [0.1, 0.15) is 11.4 Å². The average molecular weight is 294 g/mol. The van der Waals surface area contributed by atoms with Crippen LogP contribution in [0.2, 0.25) is 0 Å². The van der Waals surface area contributed by atoms with Crippen LogP contribution in [-0.2, 0) is 9.53 Å². The number of phenolic OH excluding ortho intramolecular Hbond substituents is 1. The summed E-state index contributed by atoms with van der Waals surface area (Å²) in [5.74, 6) is -1.22. The number of alkyl halides is 1. The molecule has 2 atom stereocenters. The number of phenols is 1. The van der Waals surface area contributed by atoms with Gasteiger partial charge in [0.15, 0.2) is 0 Å². The van der Waals surface area contributed by atoms with E-state index in [4.69, 9.17) is 4.74 Å². The number of hydrogen-bond donors (Lipinski definition) is 1. The minimum atomic E-state index is -2.11. The maximum atomic E-state index is 15.2. The van der Waals surface area contributed by atoms with Crippen molar-refractivity contribution < 1.29 is 19.0 Å². The first-order valence-corrected chi connectivity index (χ1v) is 7.32. The Labute approximate surface area is 125 Å². The molecule has 3 nitrogen and oxygen atoms in total.